The maximum Gasteiger partial charge on any atom is 0.410 e. The summed E-state index contributed by atoms with van der Waals surface area (Å²) in [5, 5.41) is 4.32. The largest absolute Gasteiger partial charge is 0.441 e. The minimum absolute atomic E-state index is 0.147. The lowest BCUT2D eigenvalue weighted by molar-refractivity contribution is -0.134. The number of rotatable bonds is 6. The van der Waals surface area contributed by atoms with Crippen LogP contribution in [0.3, 0.4) is 0 Å². The molecule has 2 aliphatic rings. The van der Waals surface area contributed by atoms with Crippen molar-refractivity contribution in [1.29, 1.82) is 0 Å². The second-order valence-corrected chi connectivity index (χ2v) is 7.67. The van der Waals surface area contributed by atoms with E-state index in [-0.39, 0.29) is 18.0 Å². The third-order valence-corrected chi connectivity index (χ3v) is 5.59. The standard InChI is InChI=1S/C19H30N4O3/c1-4-5-16(3)23-14-19(26-18(23)25)8-12-21(13-9-19)17(24)7-11-22-10-6-15(2)20-22/h6,10,16H,4-5,7-9,11-14H2,1-3H3. The van der Waals surface area contributed by atoms with Crippen LogP contribution in [0.2, 0.25) is 0 Å². The quantitative estimate of drug-likeness (QED) is 0.780. The zero-order valence-corrected chi connectivity index (χ0v) is 16.1. The number of carbonyl (C=O) groups excluding carboxylic acids is 2. The highest BCUT2D eigenvalue weighted by molar-refractivity contribution is 5.76. The Labute approximate surface area is 155 Å². The van der Waals surface area contributed by atoms with Gasteiger partial charge in [0.25, 0.3) is 0 Å². The Morgan fingerprint density at radius 1 is 1.38 bits per heavy atom. The predicted molar refractivity (Wildman–Crippen MR) is 97.7 cm³/mol. The van der Waals surface area contributed by atoms with Crippen LogP contribution in [0.25, 0.3) is 0 Å². The number of hydrogen-bond donors (Lipinski definition) is 0. The van der Waals surface area contributed by atoms with Crippen molar-refractivity contribution in [3.63, 3.8) is 0 Å². The second kappa shape index (κ2) is 7.68. The van der Waals surface area contributed by atoms with Gasteiger partial charge in [0.2, 0.25) is 5.91 Å². The maximum absolute atomic E-state index is 12.5. The molecule has 3 rings (SSSR count). The lowest BCUT2D eigenvalue weighted by Gasteiger charge is -2.37. The molecule has 26 heavy (non-hydrogen) atoms. The van der Waals surface area contributed by atoms with Gasteiger partial charge in [0.1, 0.15) is 5.60 Å². The molecule has 1 aromatic rings. The van der Waals surface area contributed by atoms with Gasteiger partial charge in [-0.1, -0.05) is 13.3 Å². The molecule has 0 aromatic carbocycles. The zero-order chi connectivity index (χ0) is 18.7. The Hall–Kier alpha value is -2.05. The Morgan fingerprint density at radius 2 is 2.12 bits per heavy atom. The molecule has 1 unspecified atom stereocenters. The van der Waals surface area contributed by atoms with Crippen LogP contribution >= 0.6 is 0 Å². The van der Waals surface area contributed by atoms with Gasteiger partial charge in [-0.15, -0.1) is 0 Å². The summed E-state index contributed by atoms with van der Waals surface area (Å²) in [7, 11) is 0. The summed E-state index contributed by atoms with van der Waals surface area (Å²) >= 11 is 0. The number of amides is 2. The van der Waals surface area contributed by atoms with Crippen molar-refractivity contribution in [3.05, 3.63) is 18.0 Å². The van der Waals surface area contributed by atoms with Crippen molar-refractivity contribution in [2.45, 2.75) is 71.1 Å². The predicted octanol–water partition coefficient (Wildman–Crippen LogP) is 2.58. The number of nitrogens with zero attached hydrogens (tertiary/aromatic N) is 4. The number of carbonyl (C=O) groups is 2. The van der Waals surface area contributed by atoms with Crippen molar-refractivity contribution in [3.8, 4) is 0 Å². The van der Waals surface area contributed by atoms with Gasteiger partial charge >= 0.3 is 6.09 Å². The monoisotopic (exact) mass is 362 g/mol. The summed E-state index contributed by atoms with van der Waals surface area (Å²) in [5.74, 6) is 0.147. The Kier molecular flexibility index (Phi) is 5.53. The lowest BCUT2D eigenvalue weighted by Crippen LogP contribution is -2.49. The second-order valence-electron chi connectivity index (χ2n) is 7.67. The number of likely N-dealkylation sites (tertiary alicyclic amines) is 1. The third kappa shape index (κ3) is 4.02. The SMILES string of the molecule is CCCC(C)N1CC2(CCN(C(=O)CCn3ccc(C)n3)CC2)OC1=O. The molecule has 2 aliphatic heterocycles. The maximum atomic E-state index is 12.5. The highest BCUT2D eigenvalue weighted by atomic mass is 16.6. The molecule has 1 spiro atoms. The van der Waals surface area contributed by atoms with Gasteiger partial charge in [0.15, 0.2) is 0 Å². The molecule has 0 bridgehead atoms. The zero-order valence-electron chi connectivity index (χ0n) is 16.1. The molecule has 0 radical (unpaired) electrons. The van der Waals surface area contributed by atoms with E-state index in [1.165, 1.54) is 0 Å². The Morgan fingerprint density at radius 3 is 2.73 bits per heavy atom. The first-order chi connectivity index (χ1) is 12.4. The summed E-state index contributed by atoms with van der Waals surface area (Å²) in [6, 6.07) is 2.15. The minimum atomic E-state index is -0.408. The third-order valence-electron chi connectivity index (χ3n) is 5.59. The van der Waals surface area contributed by atoms with Crippen LogP contribution in [-0.2, 0) is 16.1 Å². The van der Waals surface area contributed by atoms with Gasteiger partial charge in [0.05, 0.1) is 12.2 Å². The van der Waals surface area contributed by atoms with Crippen molar-refractivity contribution < 1.29 is 14.3 Å². The first kappa shape index (κ1) is 18.7. The number of aromatic nitrogens is 2. The minimum Gasteiger partial charge on any atom is -0.441 e. The van der Waals surface area contributed by atoms with E-state index in [2.05, 4.69) is 18.9 Å². The number of aryl methyl sites for hydroxylation is 2. The molecule has 7 nitrogen and oxygen atoms in total. The van der Waals surface area contributed by atoms with Crippen LogP contribution < -0.4 is 0 Å². The van der Waals surface area contributed by atoms with Gasteiger partial charge in [-0.05, 0) is 26.3 Å². The van der Waals surface area contributed by atoms with E-state index in [1.807, 2.05) is 33.7 Å². The number of ether oxygens (including phenoxy) is 1. The van der Waals surface area contributed by atoms with Gasteiger partial charge in [-0.25, -0.2) is 4.79 Å². The van der Waals surface area contributed by atoms with Crippen LogP contribution in [-0.4, -0.2) is 62.9 Å². The number of hydrogen-bond acceptors (Lipinski definition) is 4. The summed E-state index contributed by atoms with van der Waals surface area (Å²) < 4.78 is 7.57. The van der Waals surface area contributed by atoms with Crippen molar-refractivity contribution in [2.24, 2.45) is 0 Å². The van der Waals surface area contributed by atoms with Crippen molar-refractivity contribution in [2.75, 3.05) is 19.6 Å². The normalized spacial score (nSPS) is 20.5. The van der Waals surface area contributed by atoms with Crippen LogP contribution in [0.15, 0.2) is 12.3 Å². The molecule has 0 saturated carbocycles. The topological polar surface area (TPSA) is 67.7 Å². The van der Waals surface area contributed by atoms with Crippen molar-refractivity contribution in [1.82, 2.24) is 19.6 Å². The van der Waals surface area contributed by atoms with Gasteiger partial charge in [-0.2, -0.15) is 5.10 Å². The highest BCUT2D eigenvalue weighted by Crippen LogP contribution is 2.34. The fourth-order valence-corrected chi connectivity index (χ4v) is 3.94. The molecule has 2 fully saturated rings. The average molecular weight is 362 g/mol. The molecule has 3 heterocycles. The summed E-state index contributed by atoms with van der Waals surface area (Å²) in [5.41, 5.74) is 0.553. The molecular formula is C19H30N4O3. The molecule has 0 aliphatic carbocycles. The van der Waals surface area contributed by atoms with E-state index < -0.39 is 5.60 Å². The smallest absolute Gasteiger partial charge is 0.410 e. The highest BCUT2D eigenvalue weighted by Gasteiger charge is 2.48. The molecule has 1 aromatic heterocycles. The first-order valence-electron chi connectivity index (χ1n) is 9.70. The summed E-state index contributed by atoms with van der Waals surface area (Å²) in [6.45, 7) is 8.71. The average Bonchev–Trinajstić information content (AvgIpc) is 3.17. The van der Waals surface area contributed by atoms with E-state index in [0.29, 0.717) is 32.6 Å². The van der Waals surface area contributed by atoms with Gasteiger partial charge in [-0.3, -0.25) is 9.48 Å². The van der Waals surface area contributed by atoms with E-state index in [9.17, 15) is 9.59 Å². The molecule has 2 amide bonds. The number of piperidine rings is 1. The lowest BCUT2D eigenvalue weighted by atomic mass is 9.90. The molecule has 7 heteroatoms. The fraction of sp³-hybridized carbons (Fsp3) is 0.737. The summed E-state index contributed by atoms with van der Waals surface area (Å²) in [4.78, 5) is 28.5. The molecular weight excluding hydrogens is 332 g/mol. The fourth-order valence-electron chi connectivity index (χ4n) is 3.94. The van der Waals surface area contributed by atoms with Crippen LogP contribution in [0.1, 0.15) is 51.6 Å². The van der Waals surface area contributed by atoms with Crippen LogP contribution in [0.5, 0.6) is 0 Å². The molecule has 2 saturated heterocycles. The molecule has 144 valence electrons. The first-order valence-corrected chi connectivity index (χ1v) is 9.70. The van der Waals surface area contributed by atoms with Gasteiger partial charge < -0.3 is 14.5 Å². The Balaban J connectivity index is 1.49. The molecule has 0 N–H and O–H groups in total. The van der Waals surface area contributed by atoms with Crippen LogP contribution in [0, 0.1) is 6.92 Å². The Bertz CT molecular complexity index is 649. The molecule has 1 atom stereocenters. The van der Waals surface area contributed by atoms with E-state index in [0.717, 1.165) is 31.4 Å². The van der Waals surface area contributed by atoms with Crippen molar-refractivity contribution >= 4 is 12.0 Å². The van der Waals surface area contributed by atoms with E-state index in [1.54, 1.807) is 0 Å². The summed E-state index contributed by atoms with van der Waals surface area (Å²) in [6.07, 6.45) is 5.64. The van der Waals surface area contributed by atoms with E-state index >= 15 is 0 Å². The van der Waals surface area contributed by atoms with Gasteiger partial charge in [0, 0.05) is 51.1 Å². The van der Waals surface area contributed by atoms with Crippen LogP contribution in [0.4, 0.5) is 4.79 Å². The van der Waals surface area contributed by atoms with E-state index in [4.69, 9.17) is 4.74 Å².